The largest absolute Gasteiger partial charge is 0.497 e. The second-order valence-electron chi connectivity index (χ2n) is 4.83. The molecule has 6 nitrogen and oxygen atoms in total. The van der Waals surface area contributed by atoms with Crippen LogP contribution >= 0.6 is 23.1 Å². The highest BCUT2D eigenvalue weighted by molar-refractivity contribution is 8.00. The van der Waals surface area contributed by atoms with Crippen molar-refractivity contribution in [3.63, 3.8) is 0 Å². The first-order valence-electron chi connectivity index (χ1n) is 7.01. The number of carbonyl (C=O) groups is 1. The monoisotopic (exact) mass is 365 g/mol. The molecule has 2 aromatic rings. The van der Waals surface area contributed by atoms with Gasteiger partial charge < -0.3 is 20.5 Å². The van der Waals surface area contributed by atoms with Crippen LogP contribution in [0.4, 0.5) is 5.69 Å². The fraction of sp³-hybridized carbons (Fsp3) is 0.250. The van der Waals surface area contributed by atoms with E-state index in [-0.39, 0.29) is 18.2 Å². The van der Waals surface area contributed by atoms with E-state index in [0.29, 0.717) is 22.1 Å². The molecule has 0 saturated heterocycles. The van der Waals surface area contributed by atoms with Gasteiger partial charge in [-0.3, -0.25) is 10.2 Å². The Balaban J connectivity index is 2.18. The van der Waals surface area contributed by atoms with Crippen LogP contribution < -0.4 is 20.5 Å². The first-order valence-corrected chi connectivity index (χ1v) is 9.05. The topological polar surface area (TPSA) is 97.4 Å². The molecule has 0 fully saturated rings. The Bertz CT molecular complexity index is 759. The van der Waals surface area contributed by atoms with Gasteiger partial charge >= 0.3 is 0 Å². The summed E-state index contributed by atoms with van der Waals surface area (Å²) >= 11 is 2.89. The molecule has 2 rings (SSSR count). The molecule has 8 heteroatoms. The van der Waals surface area contributed by atoms with Gasteiger partial charge in [-0.25, -0.2) is 0 Å². The van der Waals surface area contributed by atoms with Crippen LogP contribution in [-0.4, -0.2) is 32.2 Å². The number of amides is 1. The number of hydrogen-bond acceptors (Lipinski definition) is 6. The Morgan fingerprint density at radius 2 is 2.08 bits per heavy atom. The summed E-state index contributed by atoms with van der Waals surface area (Å²) in [5, 5.41) is 10.4. The predicted molar refractivity (Wildman–Crippen MR) is 99.0 cm³/mol. The molecule has 0 aliphatic carbocycles. The first kappa shape index (κ1) is 18.2. The van der Waals surface area contributed by atoms with Crippen molar-refractivity contribution >= 4 is 40.5 Å². The van der Waals surface area contributed by atoms with E-state index in [1.807, 2.05) is 6.26 Å². The minimum absolute atomic E-state index is 0.00901. The van der Waals surface area contributed by atoms with Gasteiger partial charge in [-0.05, 0) is 30.5 Å². The average molecular weight is 365 g/mol. The number of nitrogen functional groups attached to an aromatic ring is 1. The summed E-state index contributed by atoms with van der Waals surface area (Å²) in [7, 11) is 3.14. The molecule has 0 saturated carbocycles. The lowest BCUT2D eigenvalue weighted by Crippen LogP contribution is -2.15. The lowest BCUT2D eigenvalue weighted by molar-refractivity contribution is -0.115. The zero-order valence-electron chi connectivity index (χ0n) is 13.6. The highest BCUT2D eigenvalue weighted by Crippen LogP contribution is 2.35. The van der Waals surface area contributed by atoms with Gasteiger partial charge in [0.05, 0.1) is 35.4 Å². The van der Waals surface area contributed by atoms with Crippen LogP contribution in [0.5, 0.6) is 11.5 Å². The predicted octanol–water partition coefficient (Wildman–Crippen LogP) is 2.95. The van der Waals surface area contributed by atoms with Crippen molar-refractivity contribution in [2.24, 2.45) is 5.73 Å². The minimum Gasteiger partial charge on any atom is -0.497 e. The quantitative estimate of drug-likeness (QED) is 0.398. The van der Waals surface area contributed by atoms with Crippen LogP contribution in [-0.2, 0) is 11.2 Å². The number of thiophene rings is 1. The standard InChI is InChI=1S/C16H19N3O3S2/c1-21-10-4-5-12(22-2)9(6-10)7-14(20)19-11-8-13(15(17)18)24-16(11)23-3/h4-6,8H,7H2,1-3H3,(H3,17,18)(H,19,20). The highest BCUT2D eigenvalue weighted by Gasteiger charge is 2.15. The maximum absolute atomic E-state index is 12.4. The number of thioether (sulfide) groups is 1. The summed E-state index contributed by atoms with van der Waals surface area (Å²) in [5.74, 6) is 1.11. The summed E-state index contributed by atoms with van der Waals surface area (Å²) in [4.78, 5) is 13.0. The fourth-order valence-electron chi connectivity index (χ4n) is 2.13. The van der Waals surface area contributed by atoms with Gasteiger partial charge in [-0.15, -0.1) is 23.1 Å². The van der Waals surface area contributed by atoms with Gasteiger partial charge in [0.2, 0.25) is 5.91 Å². The maximum Gasteiger partial charge on any atom is 0.228 e. The number of anilines is 1. The second kappa shape index (κ2) is 8.07. The van der Waals surface area contributed by atoms with Gasteiger partial charge in [-0.1, -0.05) is 0 Å². The maximum atomic E-state index is 12.4. The molecule has 0 unspecified atom stereocenters. The molecule has 0 radical (unpaired) electrons. The molecule has 1 amide bonds. The summed E-state index contributed by atoms with van der Waals surface area (Å²) in [5.41, 5.74) is 6.93. The number of rotatable bonds is 7. The van der Waals surface area contributed by atoms with E-state index in [9.17, 15) is 4.79 Å². The highest BCUT2D eigenvalue weighted by atomic mass is 32.2. The lowest BCUT2D eigenvalue weighted by Gasteiger charge is -2.11. The summed E-state index contributed by atoms with van der Waals surface area (Å²) in [6.07, 6.45) is 2.07. The van der Waals surface area contributed by atoms with Crippen LogP contribution in [0.3, 0.4) is 0 Å². The Labute approximate surface area is 148 Å². The van der Waals surface area contributed by atoms with Crippen molar-refractivity contribution in [3.05, 3.63) is 34.7 Å². The van der Waals surface area contributed by atoms with Gasteiger partial charge in [0.15, 0.2) is 0 Å². The van der Waals surface area contributed by atoms with Crippen molar-refractivity contribution in [1.82, 2.24) is 0 Å². The van der Waals surface area contributed by atoms with Gasteiger partial charge in [0.1, 0.15) is 17.3 Å². The van der Waals surface area contributed by atoms with Crippen LogP contribution in [0, 0.1) is 5.41 Å². The molecule has 1 aromatic heterocycles. The summed E-state index contributed by atoms with van der Waals surface area (Å²) in [6, 6.07) is 7.05. The van der Waals surface area contributed by atoms with E-state index in [0.717, 1.165) is 9.77 Å². The number of benzene rings is 1. The number of ether oxygens (including phenoxy) is 2. The normalized spacial score (nSPS) is 10.3. The second-order valence-corrected chi connectivity index (χ2v) is 6.96. The van der Waals surface area contributed by atoms with Gasteiger partial charge in [-0.2, -0.15) is 0 Å². The summed E-state index contributed by atoms with van der Waals surface area (Å²) in [6.45, 7) is 0. The molecule has 1 aromatic carbocycles. The number of carbonyl (C=O) groups excluding carboxylic acids is 1. The third kappa shape index (κ3) is 4.21. The third-order valence-electron chi connectivity index (χ3n) is 3.26. The van der Waals surface area contributed by atoms with Crippen LogP contribution in [0.2, 0.25) is 0 Å². The molecule has 4 N–H and O–H groups in total. The Kier molecular flexibility index (Phi) is 6.10. The molecule has 0 aliphatic heterocycles. The number of nitrogens with one attached hydrogen (secondary N) is 2. The van der Waals surface area contributed by atoms with E-state index >= 15 is 0 Å². The molecular formula is C16H19N3O3S2. The van der Waals surface area contributed by atoms with E-state index < -0.39 is 0 Å². The summed E-state index contributed by atoms with van der Waals surface area (Å²) < 4.78 is 11.4. The SMILES string of the molecule is COc1ccc(OC)c(CC(=O)Nc2cc(C(=N)N)sc2SC)c1. The number of hydrogen-bond donors (Lipinski definition) is 3. The Morgan fingerprint density at radius 3 is 2.67 bits per heavy atom. The van der Waals surface area contributed by atoms with E-state index in [1.165, 1.54) is 23.1 Å². The van der Waals surface area contributed by atoms with Crippen LogP contribution in [0.25, 0.3) is 0 Å². The van der Waals surface area contributed by atoms with Crippen LogP contribution in [0.15, 0.2) is 28.5 Å². The van der Waals surface area contributed by atoms with Gasteiger partial charge in [0.25, 0.3) is 0 Å². The van der Waals surface area contributed by atoms with Gasteiger partial charge in [0, 0.05) is 5.56 Å². The molecule has 0 spiro atoms. The van der Waals surface area contributed by atoms with Crippen molar-refractivity contribution < 1.29 is 14.3 Å². The number of methoxy groups -OCH3 is 2. The molecule has 0 atom stereocenters. The van der Waals surface area contributed by atoms with Crippen molar-refractivity contribution in [3.8, 4) is 11.5 Å². The number of amidine groups is 1. The lowest BCUT2D eigenvalue weighted by atomic mass is 10.1. The number of nitrogens with two attached hydrogens (primary N) is 1. The van der Waals surface area contributed by atoms with E-state index in [2.05, 4.69) is 5.32 Å². The molecule has 0 aliphatic rings. The van der Waals surface area contributed by atoms with Crippen molar-refractivity contribution in [2.75, 3.05) is 25.8 Å². The molecule has 24 heavy (non-hydrogen) atoms. The first-order chi connectivity index (χ1) is 11.5. The third-order valence-corrected chi connectivity index (χ3v) is 5.57. The zero-order valence-corrected chi connectivity index (χ0v) is 15.3. The molecule has 128 valence electrons. The Hall–Kier alpha value is -2.19. The zero-order chi connectivity index (χ0) is 17.7. The van der Waals surface area contributed by atoms with Crippen LogP contribution in [0.1, 0.15) is 10.4 Å². The molecule has 0 bridgehead atoms. The van der Waals surface area contributed by atoms with Crippen molar-refractivity contribution in [2.45, 2.75) is 10.6 Å². The average Bonchev–Trinajstić information content (AvgIpc) is 2.97. The van der Waals surface area contributed by atoms with E-state index in [4.69, 9.17) is 20.6 Å². The smallest absolute Gasteiger partial charge is 0.228 e. The van der Waals surface area contributed by atoms with Crippen molar-refractivity contribution in [1.29, 1.82) is 5.41 Å². The Morgan fingerprint density at radius 1 is 1.33 bits per heavy atom. The molecule has 1 heterocycles. The molecular weight excluding hydrogens is 346 g/mol. The fourth-order valence-corrected chi connectivity index (χ4v) is 3.77. The minimum atomic E-state index is -0.176. The van der Waals surface area contributed by atoms with E-state index in [1.54, 1.807) is 38.5 Å².